The largest absolute Gasteiger partial charge is 0.481 e. The Hall–Kier alpha value is -1.46. The predicted octanol–water partition coefficient (Wildman–Crippen LogP) is 3.25. The highest BCUT2D eigenvalue weighted by molar-refractivity contribution is 5.86. The zero-order valence-electron chi connectivity index (χ0n) is 15.1. The molecule has 0 aromatic rings. The molecular weight excluding hydrogens is 320 g/mol. The number of unbranched alkanes of at least 4 members (excludes halogenated alkanes) is 3. The van der Waals surface area contributed by atoms with Crippen molar-refractivity contribution in [2.45, 2.75) is 76.9 Å². The molecule has 0 aromatic carbocycles. The van der Waals surface area contributed by atoms with Crippen molar-refractivity contribution in [3.8, 4) is 0 Å². The average Bonchev–Trinajstić information content (AvgIpc) is 2.82. The van der Waals surface area contributed by atoms with Crippen molar-refractivity contribution >= 4 is 11.8 Å². The van der Waals surface area contributed by atoms with Gasteiger partial charge >= 0.3 is 5.97 Å². The summed E-state index contributed by atoms with van der Waals surface area (Å²) in [6.45, 7) is 2.16. The van der Waals surface area contributed by atoms with Crippen molar-refractivity contribution < 1.29 is 24.9 Å². The quantitative estimate of drug-likeness (QED) is 0.370. The van der Waals surface area contributed by atoms with Gasteiger partial charge in [0.2, 0.25) is 0 Å². The second-order valence-corrected chi connectivity index (χ2v) is 6.87. The van der Waals surface area contributed by atoms with Crippen molar-refractivity contribution in [3.63, 3.8) is 0 Å². The number of carboxylic acid groups (broad SMARTS) is 1. The Morgan fingerprint density at radius 1 is 1.28 bits per heavy atom. The van der Waals surface area contributed by atoms with E-state index >= 15 is 0 Å². The fraction of sp³-hybridized carbons (Fsp3) is 0.700. The van der Waals surface area contributed by atoms with Gasteiger partial charge in [-0.05, 0) is 38.0 Å². The van der Waals surface area contributed by atoms with Gasteiger partial charge in [-0.25, -0.2) is 0 Å². The lowest BCUT2D eigenvalue weighted by Crippen LogP contribution is -2.20. The van der Waals surface area contributed by atoms with E-state index in [1.54, 1.807) is 12.2 Å². The highest BCUT2D eigenvalue weighted by atomic mass is 16.4. The standard InChI is InChI=1S/C20H32O5/c1-2-3-4-5-6-7-9-15(21)12-13-17-16(10-8-11-20(24)25)18(22)14-19(17)23/h6-7,12-13,15-18,21-22H,2-5,8-11,14H2,1H3,(H,24,25)/b7-6-,13-12+/t15-,16-,17-,18+/m1/s1. The van der Waals surface area contributed by atoms with Crippen LogP contribution in [0.3, 0.4) is 0 Å². The molecule has 0 aliphatic heterocycles. The van der Waals surface area contributed by atoms with Gasteiger partial charge < -0.3 is 15.3 Å². The third kappa shape index (κ3) is 8.45. The molecule has 0 heterocycles. The number of aliphatic hydroxyl groups excluding tert-OH is 2. The zero-order chi connectivity index (χ0) is 18.7. The van der Waals surface area contributed by atoms with E-state index in [4.69, 9.17) is 5.11 Å². The number of carbonyl (C=O) groups excluding carboxylic acids is 1. The van der Waals surface area contributed by atoms with Crippen LogP contribution in [-0.2, 0) is 9.59 Å². The third-order valence-corrected chi connectivity index (χ3v) is 4.72. The fourth-order valence-corrected chi connectivity index (χ4v) is 3.27. The molecule has 1 fully saturated rings. The van der Waals surface area contributed by atoms with Gasteiger partial charge in [0, 0.05) is 18.8 Å². The SMILES string of the molecule is CCCCC/C=C\C[C@@H](O)/C=C/[C@H]1C(=O)C[C@H](O)[C@@H]1CCCC(=O)O. The molecule has 142 valence electrons. The summed E-state index contributed by atoms with van der Waals surface area (Å²) in [7, 11) is 0. The van der Waals surface area contributed by atoms with Gasteiger partial charge in [-0.3, -0.25) is 9.59 Å². The average molecular weight is 352 g/mol. The van der Waals surface area contributed by atoms with Crippen molar-refractivity contribution in [1.82, 2.24) is 0 Å². The smallest absolute Gasteiger partial charge is 0.303 e. The molecule has 1 saturated carbocycles. The molecule has 0 amide bonds. The van der Waals surface area contributed by atoms with E-state index < -0.39 is 24.1 Å². The molecule has 0 unspecified atom stereocenters. The molecule has 4 atom stereocenters. The third-order valence-electron chi connectivity index (χ3n) is 4.72. The lowest BCUT2D eigenvalue weighted by Gasteiger charge is -2.18. The molecule has 3 N–H and O–H groups in total. The first kappa shape index (κ1) is 21.6. The summed E-state index contributed by atoms with van der Waals surface area (Å²) in [5, 5.41) is 28.8. The molecule has 5 heteroatoms. The van der Waals surface area contributed by atoms with Crippen molar-refractivity contribution in [1.29, 1.82) is 0 Å². The summed E-state index contributed by atoms with van der Waals surface area (Å²) in [5.41, 5.74) is 0. The molecule has 0 spiro atoms. The van der Waals surface area contributed by atoms with Gasteiger partial charge in [-0.2, -0.15) is 0 Å². The van der Waals surface area contributed by atoms with Crippen LogP contribution in [0.5, 0.6) is 0 Å². The highest BCUT2D eigenvalue weighted by Gasteiger charge is 2.39. The lowest BCUT2D eigenvalue weighted by atomic mass is 9.88. The number of rotatable bonds is 12. The van der Waals surface area contributed by atoms with Gasteiger partial charge in [0.15, 0.2) is 0 Å². The number of aliphatic carboxylic acids is 1. The normalized spacial score (nSPS) is 25.2. The maximum Gasteiger partial charge on any atom is 0.303 e. The first-order chi connectivity index (χ1) is 12.0. The van der Waals surface area contributed by atoms with Gasteiger partial charge in [0.1, 0.15) is 5.78 Å². The number of hydrogen-bond donors (Lipinski definition) is 3. The van der Waals surface area contributed by atoms with Crippen molar-refractivity contribution in [2.75, 3.05) is 0 Å². The summed E-state index contributed by atoms with van der Waals surface area (Å²) < 4.78 is 0. The predicted molar refractivity (Wildman–Crippen MR) is 97.1 cm³/mol. The molecule has 0 aromatic heterocycles. The lowest BCUT2D eigenvalue weighted by molar-refractivity contribution is -0.137. The fourth-order valence-electron chi connectivity index (χ4n) is 3.27. The number of aliphatic hydroxyl groups is 2. The Balaban J connectivity index is 2.45. The summed E-state index contributed by atoms with van der Waals surface area (Å²) in [6, 6.07) is 0. The maximum atomic E-state index is 12.0. The number of carbonyl (C=O) groups is 2. The molecular formula is C20H32O5. The van der Waals surface area contributed by atoms with E-state index in [2.05, 4.69) is 13.0 Å². The van der Waals surface area contributed by atoms with Gasteiger partial charge in [-0.1, -0.05) is 44.1 Å². The Labute approximate surface area is 150 Å². The molecule has 5 nitrogen and oxygen atoms in total. The van der Waals surface area contributed by atoms with E-state index in [9.17, 15) is 19.8 Å². The van der Waals surface area contributed by atoms with Crippen LogP contribution in [0.1, 0.15) is 64.7 Å². The van der Waals surface area contributed by atoms with Crippen LogP contribution in [0.2, 0.25) is 0 Å². The van der Waals surface area contributed by atoms with E-state index in [-0.39, 0.29) is 24.5 Å². The van der Waals surface area contributed by atoms with Crippen LogP contribution in [0.15, 0.2) is 24.3 Å². The molecule has 1 rings (SSSR count). The molecule has 25 heavy (non-hydrogen) atoms. The minimum atomic E-state index is -0.868. The van der Waals surface area contributed by atoms with Crippen LogP contribution >= 0.6 is 0 Å². The van der Waals surface area contributed by atoms with Crippen molar-refractivity contribution in [3.05, 3.63) is 24.3 Å². The number of carboxylic acids is 1. The number of hydrogen-bond acceptors (Lipinski definition) is 4. The Morgan fingerprint density at radius 2 is 2.04 bits per heavy atom. The number of Topliss-reactive ketones (excluding diaryl/α,β-unsaturated/α-hetero) is 1. The van der Waals surface area contributed by atoms with Crippen LogP contribution in [0.4, 0.5) is 0 Å². The Morgan fingerprint density at radius 3 is 2.72 bits per heavy atom. The molecule has 0 saturated heterocycles. The summed E-state index contributed by atoms with van der Waals surface area (Å²) in [5.74, 6) is -1.58. The maximum absolute atomic E-state index is 12.0. The summed E-state index contributed by atoms with van der Waals surface area (Å²) in [6.07, 6.45) is 12.2. The zero-order valence-corrected chi connectivity index (χ0v) is 15.1. The van der Waals surface area contributed by atoms with Crippen molar-refractivity contribution in [2.24, 2.45) is 11.8 Å². The Kier molecular flexibility index (Phi) is 10.3. The highest BCUT2D eigenvalue weighted by Crippen LogP contribution is 2.34. The second-order valence-electron chi connectivity index (χ2n) is 6.87. The van der Waals surface area contributed by atoms with Crippen LogP contribution in [-0.4, -0.2) is 39.3 Å². The van der Waals surface area contributed by atoms with Gasteiger partial charge in [0.05, 0.1) is 12.2 Å². The van der Waals surface area contributed by atoms with Crippen LogP contribution in [0.25, 0.3) is 0 Å². The molecule has 0 radical (unpaired) electrons. The molecule has 1 aliphatic rings. The molecule has 1 aliphatic carbocycles. The minimum Gasteiger partial charge on any atom is -0.481 e. The van der Waals surface area contributed by atoms with Crippen LogP contribution < -0.4 is 0 Å². The minimum absolute atomic E-state index is 0.0358. The topological polar surface area (TPSA) is 94.8 Å². The summed E-state index contributed by atoms with van der Waals surface area (Å²) in [4.78, 5) is 22.7. The Bertz CT molecular complexity index is 469. The molecule has 0 bridgehead atoms. The van der Waals surface area contributed by atoms with Gasteiger partial charge in [0.25, 0.3) is 0 Å². The van der Waals surface area contributed by atoms with E-state index in [0.29, 0.717) is 19.3 Å². The number of allylic oxidation sites excluding steroid dienone is 2. The van der Waals surface area contributed by atoms with E-state index in [1.165, 1.54) is 12.8 Å². The number of ketones is 1. The monoisotopic (exact) mass is 352 g/mol. The second kappa shape index (κ2) is 12.0. The first-order valence-electron chi connectivity index (χ1n) is 9.39. The first-order valence-corrected chi connectivity index (χ1v) is 9.39. The van der Waals surface area contributed by atoms with Gasteiger partial charge in [-0.15, -0.1) is 0 Å². The van der Waals surface area contributed by atoms with E-state index in [0.717, 1.165) is 12.8 Å². The van der Waals surface area contributed by atoms with Crippen LogP contribution in [0, 0.1) is 11.8 Å². The summed E-state index contributed by atoms with van der Waals surface area (Å²) >= 11 is 0. The van der Waals surface area contributed by atoms with E-state index in [1.807, 2.05) is 6.08 Å².